The SMILES string of the molecule is CCOc1ccc(Br)cc1C(Br)c1cc(F)c(Cl)cc1F. The molecule has 0 aliphatic rings. The van der Waals surface area contributed by atoms with Crippen LogP contribution in [0, 0.1) is 11.6 Å². The van der Waals surface area contributed by atoms with Crippen LogP contribution >= 0.6 is 43.5 Å². The Bertz CT molecular complexity index is 664. The molecule has 2 aromatic carbocycles. The molecule has 0 N–H and O–H groups in total. The minimum Gasteiger partial charge on any atom is -0.494 e. The summed E-state index contributed by atoms with van der Waals surface area (Å²) >= 11 is 12.4. The number of hydrogen-bond acceptors (Lipinski definition) is 1. The molecule has 1 unspecified atom stereocenters. The van der Waals surface area contributed by atoms with E-state index in [-0.39, 0.29) is 10.6 Å². The predicted octanol–water partition coefficient (Wildman–Crippen LogP) is 6.26. The molecule has 21 heavy (non-hydrogen) atoms. The number of ether oxygens (including phenoxy) is 1. The Balaban J connectivity index is 2.51. The van der Waals surface area contributed by atoms with Gasteiger partial charge in [0, 0.05) is 15.6 Å². The van der Waals surface area contributed by atoms with E-state index in [2.05, 4.69) is 31.9 Å². The van der Waals surface area contributed by atoms with Gasteiger partial charge >= 0.3 is 0 Å². The van der Waals surface area contributed by atoms with Gasteiger partial charge in [0.15, 0.2) is 0 Å². The molecule has 2 rings (SSSR count). The van der Waals surface area contributed by atoms with Gasteiger partial charge < -0.3 is 4.74 Å². The Morgan fingerprint density at radius 2 is 1.86 bits per heavy atom. The molecule has 0 heterocycles. The van der Waals surface area contributed by atoms with E-state index in [0.29, 0.717) is 17.9 Å². The van der Waals surface area contributed by atoms with Crippen LogP contribution < -0.4 is 4.74 Å². The highest BCUT2D eigenvalue weighted by Gasteiger charge is 2.21. The fourth-order valence-electron chi connectivity index (χ4n) is 1.90. The molecular formula is C15H11Br2ClF2O. The smallest absolute Gasteiger partial charge is 0.142 e. The van der Waals surface area contributed by atoms with Crippen molar-refractivity contribution >= 4 is 43.5 Å². The molecule has 0 aromatic heterocycles. The van der Waals surface area contributed by atoms with Crippen LogP contribution in [0.15, 0.2) is 34.8 Å². The molecule has 2 aromatic rings. The second-order valence-electron chi connectivity index (χ2n) is 4.27. The van der Waals surface area contributed by atoms with E-state index in [9.17, 15) is 8.78 Å². The van der Waals surface area contributed by atoms with Crippen molar-refractivity contribution in [1.29, 1.82) is 0 Å². The Hall–Kier alpha value is -0.650. The van der Waals surface area contributed by atoms with Crippen molar-refractivity contribution in [3.8, 4) is 5.75 Å². The third-order valence-electron chi connectivity index (χ3n) is 2.86. The quantitative estimate of drug-likeness (QED) is 0.403. The molecule has 0 radical (unpaired) electrons. The van der Waals surface area contributed by atoms with Gasteiger partial charge in [-0.05, 0) is 37.3 Å². The highest BCUT2D eigenvalue weighted by Crippen LogP contribution is 2.40. The van der Waals surface area contributed by atoms with E-state index in [1.165, 1.54) is 0 Å². The summed E-state index contributed by atoms with van der Waals surface area (Å²) in [6.07, 6.45) is 0. The summed E-state index contributed by atoms with van der Waals surface area (Å²) in [6.45, 7) is 2.34. The lowest BCUT2D eigenvalue weighted by Gasteiger charge is -2.17. The van der Waals surface area contributed by atoms with E-state index in [4.69, 9.17) is 16.3 Å². The minimum atomic E-state index is -0.662. The van der Waals surface area contributed by atoms with Crippen LogP contribution in [0.1, 0.15) is 22.9 Å². The molecule has 0 amide bonds. The molecule has 0 aliphatic heterocycles. The predicted molar refractivity (Wildman–Crippen MR) is 87.4 cm³/mol. The summed E-state index contributed by atoms with van der Waals surface area (Å²) in [4.78, 5) is -0.552. The lowest BCUT2D eigenvalue weighted by Crippen LogP contribution is -2.02. The van der Waals surface area contributed by atoms with Crippen LogP contribution in [0.4, 0.5) is 8.78 Å². The molecule has 0 fully saturated rings. The van der Waals surface area contributed by atoms with E-state index in [1.807, 2.05) is 13.0 Å². The van der Waals surface area contributed by atoms with Crippen LogP contribution in [0.25, 0.3) is 0 Å². The largest absolute Gasteiger partial charge is 0.494 e. The summed E-state index contributed by atoms with van der Waals surface area (Å²) in [5, 5.41) is -0.241. The number of benzene rings is 2. The van der Waals surface area contributed by atoms with Crippen molar-refractivity contribution in [2.24, 2.45) is 0 Å². The number of hydrogen-bond donors (Lipinski definition) is 0. The zero-order valence-corrected chi connectivity index (χ0v) is 14.9. The highest BCUT2D eigenvalue weighted by atomic mass is 79.9. The third-order valence-corrected chi connectivity index (χ3v) is 4.63. The van der Waals surface area contributed by atoms with Crippen molar-refractivity contribution in [2.75, 3.05) is 6.61 Å². The molecule has 1 nitrogen and oxygen atoms in total. The Labute approximate surface area is 143 Å². The first-order valence-electron chi connectivity index (χ1n) is 6.14. The molecule has 0 saturated heterocycles. The molecule has 112 valence electrons. The first-order valence-corrected chi connectivity index (χ1v) is 8.23. The average molecular weight is 441 g/mol. The monoisotopic (exact) mass is 438 g/mol. The van der Waals surface area contributed by atoms with Crippen LogP contribution in [-0.4, -0.2) is 6.61 Å². The number of rotatable bonds is 4. The maximum Gasteiger partial charge on any atom is 0.142 e. The Kier molecular flexibility index (Phi) is 5.63. The summed E-state index contributed by atoms with van der Waals surface area (Å²) in [5.74, 6) is -0.631. The maximum absolute atomic E-state index is 14.1. The maximum atomic E-state index is 14.1. The number of halogens is 5. The van der Waals surface area contributed by atoms with Crippen molar-refractivity contribution in [1.82, 2.24) is 0 Å². The summed E-state index contributed by atoms with van der Waals surface area (Å²) in [6, 6.07) is 7.47. The Morgan fingerprint density at radius 3 is 2.52 bits per heavy atom. The van der Waals surface area contributed by atoms with Gasteiger partial charge in [-0.3, -0.25) is 0 Å². The summed E-state index contributed by atoms with van der Waals surface area (Å²) in [5.41, 5.74) is 0.864. The molecule has 0 bridgehead atoms. The zero-order valence-electron chi connectivity index (χ0n) is 11.0. The molecule has 1 atom stereocenters. The Morgan fingerprint density at radius 1 is 1.14 bits per heavy atom. The molecule has 6 heteroatoms. The van der Waals surface area contributed by atoms with Gasteiger partial charge in [-0.25, -0.2) is 8.78 Å². The van der Waals surface area contributed by atoms with Gasteiger partial charge in [0.1, 0.15) is 17.4 Å². The van der Waals surface area contributed by atoms with Crippen molar-refractivity contribution in [2.45, 2.75) is 11.8 Å². The topological polar surface area (TPSA) is 9.23 Å². The molecule has 0 spiro atoms. The lowest BCUT2D eigenvalue weighted by molar-refractivity contribution is 0.337. The van der Waals surface area contributed by atoms with Crippen molar-refractivity contribution in [3.63, 3.8) is 0 Å². The average Bonchev–Trinajstić information content (AvgIpc) is 2.44. The van der Waals surface area contributed by atoms with E-state index < -0.39 is 16.5 Å². The van der Waals surface area contributed by atoms with E-state index >= 15 is 0 Å². The van der Waals surface area contributed by atoms with Crippen molar-refractivity contribution < 1.29 is 13.5 Å². The number of alkyl halides is 1. The summed E-state index contributed by atoms with van der Waals surface area (Å²) in [7, 11) is 0. The van der Waals surface area contributed by atoms with Crippen LogP contribution in [0.3, 0.4) is 0 Å². The second-order valence-corrected chi connectivity index (χ2v) is 6.50. The fraction of sp³-hybridized carbons (Fsp3) is 0.200. The lowest BCUT2D eigenvalue weighted by atomic mass is 10.0. The fourth-order valence-corrected chi connectivity index (χ4v) is 3.14. The van der Waals surface area contributed by atoms with Gasteiger partial charge in [-0.15, -0.1) is 0 Å². The summed E-state index contributed by atoms with van der Waals surface area (Å²) < 4.78 is 34.0. The van der Waals surface area contributed by atoms with Crippen molar-refractivity contribution in [3.05, 3.63) is 62.6 Å². The standard InChI is InChI=1S/C15H11Br2ClF2O/c1-2-21-14-4-3-8(16)5-10(14)15(17)9-6-13(20)11(18)7-12(9)19/h3-7,15H,2H2,1H3. The van der Waals surface area contributed by atoms with Gasteiger partial charge in [-0.1, -0.05) is 43.5 Å². The van der Waals surface area contributed by atoms with Crippen LogP contribution in [0.5, 0.6) is 5.75 Å². The zero-order chi connectivity index (χ0) is 15.6. The van der Waals surface area contributed by atoms with Gasteiger partial charge in [-0.2, -0.15) is 0 Å². The van der Waals surface area contributed by atoms with Crippen LogP contribution in [0.2, 0.25) is 5.02 Å². The first-order chi connectivity index (χ1) is 9.93. The van der Waals surface area contributed by atoms with Gasteiger partial charge in [0.25, 0.3) is 0 Å². The van der Waals surface area contributed by atoms with Gasteiger partial charge in [0.2, 0.25) is 0 Å². The van der Waals surface area contributed by atoms with Gasteiger partial charge in [0.05, 0.1) is 16.5 Å². The molecule has 0 aliphatic carbocycles. The second kappa shape index (κ2) is 7.07. The first kappa shape index (κ1) is 16.7. The highest BCUT2D eigenvalue weighted by molar-refractivity contribution is 9.10. The molecular weight excluding hydrogens is 429 g/mol. The van der Waals surface area contributed by atoms with E-state index in [0.717, 1.165) is 16.6 Å². The normalized spacial score (nSPS) is 12.3. The minimum absolute atomic E-state index is 0.163. The van der Waals surface area contributed by atoms with E-state index in [1.54, 1.807) is 12.1 Å². The third kappa shape index (κ3) is 3.76. The molecule has 0 saturated carbocycles. The van der Waals surface area contributed by atoms with Crippen LogP contribution in [-0.2, 0) is 0 Å².